The number of hydrogen-bond donors (Lipinski definition) is 1. The van der Waals surface area contributed by atoms with Crippen LogP contribution in [0.5, 0.6) is 0 Å². The van der Waals surface area contributed by atoms with Crippen molar-refractivity contribution in [2.24, 2.45) is 11.3 Å². The molecular formula is C10H11Cl2N3O. The summed E-state index contributed by atoms with van der Waals surface area (Å²) >= 11 is 11.6. The van der Waals surface area contributed by atoms with E-state index in [-0.39, 0.29) is 27.5 Å². The third-order valence-electron chi connectivity index (χ3n) is 2.83. The summed E-state index contributed by atoms with van der Waals surface area (Å²) in [5.41, 5.74) is 0.358. The lowest BCUT2D eigenvalue weighted by Crippen LogP contribution is -2.17. The summed E-state index contributed by atoms with van der Waals surface area (Å²) in [6.07, 6.45) is 2.13. The molecule has 1 heterocycles. The van der Waals surface area contributed by atoms with Crippen LogP contribution in [0.3, 0.4) is 0 Å². The summed E-state index contributed by atoms with van der Waals surface area (Å²) in [6.45, 7) is 4.09. The number of carbonyl (C=O) groups is 1. The molecule has 0 aliphatic heterocycles. The molecule has 6 heteroatoms. The first-order valence-corrected chi connectivity index (χ1v) is 5.64. The highest BCUT2D eigenvalue weighted by Crippen LogP contribution is 2.52. The average Bonchev–Trinajstić information content (AvgIpc) is 2.82. The van der Waals surface area contributed by atoms with Crippen LogP contribution in [0.1, 0.15) is 20.3 Å². The van der Waals surface area contributed by atoms with Gasteiger partial charge in [-0.05, 0) is 11.8 Å². The van der Waals surface area contributed by atoms with Crippen molar-refractivity contribution in [3.63, 3.8) is 0 Å². The van der Waals surface area contributed by atoms with Gasteiger partial charge >= 0.3 is 0 Å². The Hall–Kier alpha value is -0.870. The van der Waals surface area contributed by atoms with E-state index in [9.17, 15) is 4.79 Å². The molecule has 1 unspecified atom stereocenters. The van der Waals surface area contributed by atoms with Gasteiger partial charge in [0.05, 0.1) is 0 Å². The van der Waals surface area contributed by atoms with E-state index < -0.39 is 0 Å². The van der Waals surface area contributed by atoms with Gasteiger partial charge in [-0.1, -0.05) is 37.0 Å². The van der Waals surface area contributed by atoms with Gasteiger partial charge in [-0.3, -0.25) is 4.79 Å². The maximum Gasteiger partial charge on any atom is 0.228 e. The van der Waals surface area contributed by atoms with Crippen LogP contribution in [0.15, 0.2) is 6.33 Å². The van der Waals surface area contributed by atoms with E-state index in [1.54, 1.807) is 0 Å². The molecule has 1 aromatic rings. The fraction of sp³-hybridized carbons (Fsp3) is 0.500. The Bertz CT molecular complexity index is 427. The Morgan fingerprint density at radius 2 is 1.94 bits per heavy atom. The number of amides is 1. The number of nitrogens with zero attached hydrogens (tertiary/aromatic N) is 2. The predicted octanol–water partition coefficient (Wildman–Crippen LogP) is 2.77. The summed E-state index contributed by atoms with van der Waals surface area (Å²) in [5.74, 6) is -0.0663. The number of nitrogens with one attached hydrogen (secondary N) is 1. The van der Waals surface area contributed by atoms with Crippen molar-refractivity contribution >= 4 is 34.8 Å². The first kappa shape index (κ1) is 11.6. The van der Waals surface area contributed by atoms with Gasteiger partial charge in [0.2, 0.25) is 5.91 Å². The minimum absolute atomic E-state index is 0.0137. The molecule has 1 aromatic heterocycles. The van der Waals surface area contributed by atoms with Crippen molar-refractivity contribution in [2.45, 2.75) is 20.3 Å². The van der Waals surface area contributed by atoms with Crippen molar-refractivity contribution in [3.8, 4) is 0 Å². The maximum absolute atomic E-state index is 11.8. The Kier molecular flexibility index (Phi) is 2.80. The van der Waals surface area contributed by atoms with Crippen LogP contribution in [0.4, 0.5) is 5.69 Å². The first-order chi connectivity index (χ1) is 7.42. The molecule has 0 bridgehead atoms. The number of anilines is 1. The predicted molar refractivity (Wildman–Crippen MR) is 62.6 cm³/mol. The summed E-state index contributed by atoms with van der Waals surface area (Å²) in [4.78, 5) is 19.3. The van der Waals surface area contributed by atoms with Gasteiger partial charge in [-0.2, -0.15) is 0 Å². The van der Waals surface area contributed by atoms with Gasteiger partial charge in [0.25, 0.3) is 0 Å². The van der Waals surface area contributed by atoms with Crippen LogP contribution < -0.4 is 5.32 Å². The van der Waals surface area contributed by atoms with Crippen molar-refractivity contribution in [1.29, 1.82) is 0 Å². The quantitative estimate of drug-likeness (QED) is 0.832. The van der Waals surface area contributed by atoms with Crippen molar-refractivity contribution in [2.75, 3.05) is 5.32 Å². The highest BCUT2D eigenvalue weighted by Gasteiger charge is 2.50. The minimum Gasteiger partial charge on any atom is -0.321 e. The van der Waals surface area contributed by atoms with Crippen LogP contribution in [-0.2, 0) is 4.79 Å². The van der Waals surface area contributed by atoms with Crippen LogP contribution in [0.25, 0.3) is 0 Å². The molecule has 1 saturated carbocycles. The zero-order chi connectivity index (χ0) is 11.9. The minimum atomic E-state index is -0.0800. The zero-order valence-corrected chi connectivity index (χ0v) is 10.4. The second kappa shape index (κ2) is 3.86. The fourth-order valence-corrected chi connectivity index (χ4v) is 1.98. The molecule has 4 nitrogen and oxygen atoms in total. The molecule has 0 saturated heterocycles. The van der Waals surface area contributed by atoms with Gasteiger partial charge in [-0.25, -0.2) is 9.97 Å². The van der Waals surface area contributed by atoms with E-state index >= 15 is 0 Å². The van der Waals surface area contributed by atoms with E-state index in [0.717, 1.165) is 6.42 Å². The first-order valence-electron chi connectivity index (χ1n) is 4.88. The maximum atomic E-state index is 11.8. The molecule has 1 amide bonds. The fourth-order valence-electron chi connectivity index (χ4n) is 1.57. The Morgan fingerprint density at radius 3 is 2.38 bits per heavy atom. The number of carbonyl (C=O) groups excluding carboxylic acids is 1. The lowest BCUT2D eigenvalue weighted by molar-refractivity contribution is -0.118. The van der Waals surface area contributed by atoms with E-state index in [4.69, 9.17) is 23.2 Å². The smallest absolute Gasteiger partial charge is 0.228 e. The standard InChI is InChI=1S/C10H11Cl2N3O/c1-10(2)3-5(10)9(16)15-6-7(11)13-4-14-8(6)12/h4-5H,3H2,1-2H3,(H,15,16). The molecule has 1 aliphatic rings. The third kappa shape index (κ3) is 2.13. The van der Waals surface area contributed by atoms with Crippen LogP contribution in [-0.4, -0.2) is 15.9 Å². The van der Waals surface area contributed by atoms with Crippen molar-refractivity contribution in [3.05, 3.63) is 16.6 Å². The van der Waals surface area contributed by atoms with Gasteiger partial charge in [0, 0.05) is 5.92 Å². The van der Waals surface area contributed by atoms with E-state index in [1.807, 2.05) is 13.8 Å². The third-order valence-corrected chi connectivity index (χ3v) is 3.41. The number of aromatic nitrogens is 2. The van der Waals surface area contributed by atoms with Crippen molar-refractivity contribution in [1.82, 2.24) is 9.97 Å². The molecule has 0 aromatic carbocycles. The largest absolute Gasteiger partial charge is 0.321 e. The molecule has 0 radical (unpaired) electrons. The summed E-state index contributed by atoms with van der Waals surface area (Å²) < 4.78 is 0. The summed E-state index contributed by atoms with van der Waals surface area (Å²) in [5, 5.41) is 2.99. The van der Waals surface area contributed by atoms with Gasteiger partial charge in [-0.15, -0.1) is 0 Å². The topological polar surface area (TPSA) is 54.9 Å². The summed E-state index contributed by atoms with van der Waals surface area (Å²) in [6, 6.07) is 0. The Balaban J connectivity index is 2.13. The van der Waals surface area contributed by atoms with Gasteiger partial charge in [0.15, 0.2) is 10.3 Å². The zero-order valence-electron chi connectivity index (χ0n) is 8.92. The molecule has 0 spiro atoms. The Morgan fingerprint density at radius 1 is 1.44 bits per heavy atom. The van der Waals surface area contributed by atoms with Gasteiger partial charge in [0.1, 0.15) is 12.0 Å². The lowest BCUT2D eigenvalue weighted by atomic mass is 10.1. The number of hydrogen-bond acceptors (Lipinski definition) is 3. The molecule has 2 rings (SSSR count). The van der Waals surface area contributed by atoms with Crippen LogP contribution >= 0.6 is 23.2 Å². The van der Waals surface area contributed by atoms with E-state index in [2.05, 4.69) is 15.3 Å². The monoisotopic (exact) mass is 259 g/mol. The molecular weight excluding hydrogens is 249 g/mol. The molecule has 86 valence electrons. The van der Waals surface area contributed by atoms with Crippen LogP contribution in [0, 0.1) is 11.3 Å². The Labute approximate surface area is 103 Å². The van der Waals surface area contributed by atoms with Gasteiger partial charge < -0.3 is 5.32 Å². The second-order valence-corrected chi connectivity index (χ2v) is 5.28. The molecule has 1 fully saturated rings. The number of halogens is 2. The average molecular weight is 260 g/mol. The highest BCUT2D eigenvalue weighted by atomic mass is 35.5. The summed E-state index contributed by atoms with van der Waals surface area (Å²) in [7, 11) is 0. The van der Waals surface area contributed by atoms with E-state index in [1.165, 1.54) is 6.33 Å². The van der Waals surface area contributed by atoms with Crippen molar-refractivity contribution < 1.29 is 4.79 Å². The molecule has 1 aliphatic carbocycles. The normalized spacial score (nSPS) is 21.6. The molecule has 1 N–H and O–H groups in total. The second-order valence-electron chi connectivity index (χ2n) is 4.56. The van der Waals surface area contributed by atoms with Crippen LogP contribution in [0.2, 0.25) is 10.3 Å². The number of rotatable bonds is 2. The molecule has 16 heavy (non-hydrogen) atoms. The SMILES string of the molecule is CC1(C)CC1C(=O)Nc1c(Cl)ncnc1Cl. The lowest BCUT2D eigenvalue weighted by Gasteiger charge is -2.08. The molecule has 1 atom stereocenters. The highest BCUT2D eigenvalue weighted by molar-refractivity contribution is 6.38. The van der Waals surface area contributed by atoms with E-state index in [0.29, 0.717) is 5.69 Å².